The van der Waals surface area contributed by atoms with Crippen molar-refractivity contribution in [3.63, 3.8) is 0 Å². The smallest absolute Gasteiger partial charge is 0.279 e. The second-order valence-electron chi connectivity index (χ2n) is 3.14. The highest BCUT2D eigenvalue weighted by Crippen LogP contribution is 2.21. The van der Waals surface area contributed by atoms with Gasteiger partial charge in [0.15, 0.2) is 0 Å². The van der Waals surface area contributed by atoms with Crippen LogP contribution >= 0.6 is 22.6 Å². The maximum Gasteiger partial charge on any atom is 0.522 e. The lowest BCUT2D eigenvalue weighted by Gasteiger charge is -1.97. The van der Waals surface area contributed by atoms with E-state index in [0.29, 0.717) is 0 Å². The Morgan fingerprint density at radius 2 is 0.957 bits per heavy atom. The number of rotatable bonds is 0. The summed E-state index contributed by atoms with van der Waals surface area (Å²) in [6.45, 7) is 0. The van der Waals surface area contributed by atoms with Gasteiger partial charge in [0.05, 0.1) is 0 Å². The molecular weight excluding hydrogens is 497 g/mol. The number of hydrogen-bond donors (Lipinski definition) is 2. The minimum absolute atomic E-state index is 1.29. The molecule has 0 heterocycles. The van der Waals surface area contributed by atoms with Gasteiger partial charge in [-0.15, -0.1) is 0 Å². The molecule has 1 aromatic rings. The molecule has 0 bridgehead atoms. The molecule has 0 atom stereocenters. The van der Waals surface area contributed by atoms with E-state index in [4.69, 9.17) is 25.9 Å². The molecule has 2 N–H and O–H groups in total. The van der Waals surface area contributed by atoms with E-state index in [1.165, 1.54) is 3.57 Å². The number of hydrogen-bond acceptors (Lipinski definition) is 4. The van der Waals surface area contributed by atoms with Gasteiger partial charge in [-0.3, -0.25) is 9.11 Å². The second kappa shape index (κ2) is 9.00. The molecule has 1 aromatic carbocycles. The van der Waals surface area contributed by atoms with Crippen molar-refractivity contribution in [1.82, 2.24) is 0 Å². The molecule has 0 saturated carbocycles. The first-order chi connectivity index (χ1) is 9.89. The van der Waals surface area contributed by atoms with Crippen LogP contribution in [-0.4, -0.2) is 37.0 Å². The minimum Gasteiger partial charge on any atom is -0.279 e. The van der Waals surface area contributed by atoms with Gasteiger partial charge in [0.1, 0.15) is 0 Å². The van der Waals surface area contributed by atoms with E-state index in [1.54, 1.807) is 0 Å². The third kappa shape index (κ3) is 12.4. The third-order valence-corrected chi connectivity index (χ3v) is 3.21. The maximum absolute atomic E-state index is 10.7. The fraction of sp³-hybridized carbons (Fsp3) is 0.250. The Bertz CT molecular complexity index is 625. The van der Waals surface area contributed by atoms with Gasteiger partial charge in [-0.25, -0.2) is 0 Å². The average Bonchev–Trinajstić information content (AvgIpc) is 2.25. The van der Waals surface area contributed by atoms with Crippen molar-refractivity contribution in [3.8, 4) is 0 Å². The van der Waals surface area contributed by atoms with E-state index >= 15 is 0 Å². The van der Waals surface area contributed by atoms with E-state index in [2.05, 4.69) is 34.7 Å². The summed E-state index contributed by atoms with van der Waals surface area (Å²) in [7, 11) is -11.7. The summed E-state index contributed by atoms with van der Waals surface area (Å²) in [5, 5.41) is 0. The van der Waals surface area contributed by atoms with E-state index in [1.807, 2.05) is 18.2 Å². The standard InChI is InChI=1S/C6H5I.2CHF3O3S/c7-6-4-2-1-3-5-6;2*2-1(3,4)8(5,6)7/h1-5H;2*(H,5,6,7). The van der Waals surface area contributed by atoms with Crippen LogP contribution in [0.25, 0.3) is 0 Å². The first-order valence-electron chi connectivity index (χ1n) is 4.67. The van der Waals surface area contributed by atoms with E-state index in [-0.39, 0.29) is 0 Å². The molecule has 0 radical (unpaired) electrons. The normalized spacial score (nSPS) is 12.4. The fourth-order valence-corrected chi connectivity index (χ4v) is 0.830. The molecule has 0 saturated heterocycles. The molecule has 15 heteroatoms. The summed E-state index contributed by atoms with van der Waals surface area (Å²) >= 11 is 2.28. The second-order valence-corrected chi connectivity index (χ2v) is 7.21. The van der Waals surface area contributed by atoms with Gasteiger partial charge in [0.2, 0.25) is 0 Å². The van der Waals surface area contributed by atoms with Crippen molar-refractivity contribution in [1.29, 1.82) is 0 Å². The molecule has 6 nitrogen and oxygen atoms in total. The molecule has 0 unspecified atom stereocenters. The number of alkyl halides is 6. The lowest BCUT2D eigenvalue weighted by Crippen LogP contribution is -2.21. The molecule has 1 rings (SSSR count). The first kappa shape index (κ1) is 24.6. The molecule has 0 aliphatic heterocycles. The van der Waals surface area contributed by atoms with Crippen LogP contribution in [0.3, 0.4) is 0 Å². The predicted molar refractivity (Wildman–Crippen MR) is 74.4 cm³/mol. The van der Waals surface area contributed by atoms with Crippen molar-refractivity contribution in [2.24, 2.45) is 0 Å². The zero-order valence-corrected chi connectivity index (χ0v) is 14.2. The SMILES string of the molecule is Ic1ccccc1.O=S(=O)(O)C(F)(F)F.O=S(=O)(O)C(F)(F)F. The first-order valence-corrected chi connectivity index (χ1v) is 8.63. The van der Waals surface area contributed by atoms with Crippen molar-refractivity contribution in [2.45, 2.75) is 11.0 Å². The van der Waals surface area contributed by atoms with Crippen LogP contribution in [0.2, 0.25) is 0 Å². The Morgan fingerprint density at radius 1 is 0.739 bits per heavy atom. The summed E-state index contributed by atoms with van der Waals surface area (Å²) in [4.78, 5) is 0. The van der Waals surface area contributed by atoms with Crippen LogP contribution in [0.15, 0.2) is 30.3 Å². The van der Waals surface area contributed by atoms with Crippen LogP contribution < -0.4 is 0 Å². The van der Waals surface area contributed by atoms with E-state index in [9.17, 15) is 26.3 Å². The molecular formula is C8H7F6IO6S2. The quantitative estimate of drug-likeness (QED) is 0.244. The summed E-state index contributed by atoms with van der Waals surface area (Å²) < 4.78 is 116. The van der Waals surface area contributed by atoms with Crippen LogP contribution in [-0.2, 0) is 20.2 Å². The highest BCUT2D eigenvalue weighted by Gasteiger charge is 2.45. The lowest BCUT2D eigenvalue weighted by molar-refractivity contribution is -0.0514. The van der Waals surface area contributed by atoms with Crippen molar-refractivity contribution in [3.05, 3.63) is 33.9 Å². The molecule has 0 amide bonds. The van der Waals surface area contributed by atoms with Crippen LogP contribution in [0, 0.1) is 3.57 Å². The molecule has 0 fully saturated rings. The fourth-order valence-electron chi connectivity index (χ4n) is 0.415. The number of halogens is 7. The highest BCUT2D eigenvalue weighted by molar-refractivity contribution is 14.1. The van der Waals surface area contributed by atoms with Crippen LogP contribution in [0.4, 0.5) is 26.3 Å². The van der Waals surface area contributed by atoms with E-state index < -0.39 is 31.3 Å². The summed E-state index contributed by atoms with van der Waals surface area (Å²) in [6, 6.07) is 10.2. The number of benzene rings is 1. The summed E-state index contributed by atoms with van der Waals surface area (Å²) in [6.07, 6.45) is 0. The van der Waals surface area contributed by atoms with Crippen molar-refractivity contribution < 1.29 is 52.3 Å². The highest BCUT2D eigenvalue weighted by atomic mass is 127. The largest absolute Gasteiger partial charge is 0.522 e. The van der Waals surface area contributed by atoms with Gasteiger partial charge in [-0.2, -0.15) is 43.2 Å². The monoisotopic (exact) mass is 504 g/mol. The Hall–Kier alpha value is -0.650. The molecule has 0 spiro atoms. The molecule has 136 valence electrons. The van der Waals surface area contributed by atoms with Gasteiger partial charge in [0, 0.05) is 3.57 Å². The average molecular weight is 504 g/mol. The molecule has 0 aromatic heterocycles. The predicted octanol–water partition coefficient (Wildman–Crippen LogP) is 3.08. The minimum atomic E-state index is -5.84. The van der Waals surface area contributed by atoms with Gasteiger partial charge < -0.3 is 0 Å². The van der Waals surface area contributed by atoms with Gasteiger partial charge in [0.25, 0.3) is 0 Å². The summed E-state index contributed by atoms with van der Waals surface area (Å²) in [5.41, 5.74) is -11.1. The van der Waals surface area contributed by atoms with Crippen LogP contribution in [0.1, 0.15) is 0 Å². The zero-order chi connectivity index (χ0) is 19.1. The Kier molecular flexibility index (Phi) is 9.62. The summed E-state index contributed by atoms with van der Waals surface area (Å²) in [5.74, 6) is 0. The van der Waals surface area contributed by atoms with Crippen LogP contribution in [0.5, 0.6) is 0 Å². The molecule has 0 aliphatic carbocycles. The van der Waals surface area contributed by atoms with Gasteiger partial charge >= 0.3 is 31.3 Å². The van der Waals surface area contributed by atoms with Crippen molar-refractivity contribution in [2.75, 3.05) is 0 Å². The van der Waals surface area contributed by atoms with Gasteiger partial charge in [-0.1, -0.05) is 18.2 Å². The topological polar surface area (TPSA) is 109 Å². The Labute approximate surface area is 140 Å². The van der Waals surface area contributed by atoms with Crippen molar-refractivity contribution >= 4 is 42.8 Å². The zero-order valence-electron chi connectivity index (χ0n) is 10.4. The lowest BCUT2D eigenvalue weighted by atomic mass is 10.4. The molecule has 23 heavy (non-hydrogen) atoms. The Morgan fingerprint density at radius 3 is 1.04 bits per heavy atom. The van der Waals surface area contributed by atoms with Gasteiger partial charge in [-0.05, 0) is 34.7 Å². The Balaban J connectivity index is 0. The maximum atomic E-state index is 10.7. The third-order valence-electron chi connectivity index (χ3n) is 1.32. The van der Waals surface area contributed by atoms with E-state index in [0.717, 1.165) is 0 Å². The molecule has 0 aliphatic rings.